The quantitative estimate of drug-likeness (QED) is 0.944. The van der Waals surface area contributed by atoms with Gasteiger partial charge in [-0.3, -0.25) is 4.79 Å². The number of para-hydroxylation sites is 1. The molecular weight excluding hydrogens is 282 g/mol. The molecule has 1 aromatic carbocycles. The number of aromatic nitrogens is 1. The van der Waals surface area contributed by atoms with E-state index in [1.54, 1.807) is 11.3 Å². The summed E-state index contributed by atoms with van der Waals surface area (Å²) in [6.45, 7) is 4.32. The molecule has 0 bridgehead atoms. The zero-order valence-corrected chi connectivity index (χ0v) is 12.9. The molecule has 1 aromatic heterocycles. The van der Waals surface area contributed by atoms with Crippen LogP contribution in [0, 0.1) is 12.8 Å². The van der Waals surface area contributed by atoms with Gasteiger partial charge in [0.2, 0.25) is 5.91 Å². The van der Waals surface area contributed by atoms with Gasteiger partial charge >= 0.3 is 0 Å². The van der Waals surface area contributed by atoms with Gasteiger partial charge in [0, 0.05) is 23.7 Å². The summed E-state index contributed by atoms with van der Waals surface area (Å²) in [6, 6.07) is 10.3. The highest BCUT2D eigenvalue weighted by molar-refractivity contribution is 7.09. The highest BCUT2D eigenvalue weighted by atomic mass is 32.1. The third-order valence-electron chi connectivity index (χ3n) is 3.95. The highest BCUT2D eigenvalue weighted by Crippen LogP contribution is 2.23. The summed E-state index contributed by atoms with van der Waals surface area (Å²) in [4.78, 5) is 19.9. The molecule has 3 rings (SSSR count). The lowest BCUT2D eigenvalue weighted by atomic mass is 10.1. The van der Waals surface area contributed by atoms with Gasteiger partial charge in [-0.2, -0.15) is 0 Å². The lowest BCUT2D eigenvalue weighted by molar-refractivity contribution is -0.124. The van der Waals surface area contributed by atoms with Crippen LogP contribution in [-0.2, 0) is 11.3 Å². The molecule has 2 heterocycles. The SMILES string of the molecule is Cc1ncsc1CNC(=O)[C@H]1CCN(c2ccccc2)C1. The van der Waals surface area contributed by atoms with Crippen LogP contribution in [0.5, 0.6) is 0 Å². The number of anilines is 1. The molecule has 0 spiro atoms. The number of nitrogens with one attached hydrogen (secondary N) is 1. The Morgan fingerprint density at radius 3 is 2.95 bits per heavy atom. The molecule has 1 atom stereocenters. The van der Waals surface area contributed by atoms with E-state index in [2.05, 4.69) is 27.3 Å². The van der Waals surface area contributed by atoms with Crippen molar-refractivity contribution in [2.45, 2.75) is 19.9 Å². The van der Waals surface area contributed by atoms with E-state index >= 15 is 0 Å². The van der Waals surface area contributed by atoms with Crippen molar-refractivity contribution < 1.29 is 4.79 Å². The minimum atomic E-state index is 0.0819. The van der Waals surface area contributed by atoms with Gasteiger partial charge in [-0.1, -0.05) is 18.2 Å². The number of amides is 1. The van der Waals surface area contributed by atoms with Crippen LogP contribution >= 0.6 is 11.3 Å². The second-order valence-electron chi connectivity index (χ2n) is 5.35. The number of nitrogens with zero attached hydrogens (tertiary/aromatic N) is 2. The zero-order chi connectivity index (χ0) is 14.7. The molecule has 0 aliphatic carbocycles. The molecule has 110 valence electrons. The van der Waals surface area contributed by atoms with Crippen LogP contribution in [0.3, 0.4) is 0 Å². The molecule has 1 aliphatic rings. The van der Waals surface area contributed by atoms with Crippen molar-refractivity contribution in [2.75, 3.05) is 18.0 Å². The van der Waals surface area contributed by atoms with Crippen LogP contribution in [0.25, 0.3) is 0 Å². The fourth-order valence-corrected chi connectivity index (χ4v) is 3.37. The molecule has 1 N–H and O–H groups in total. The van der Waals surface area contributed by atoms with Crippen molar-refractivity contribution >= 4 is 22.9 Å². The molecule has 4 nitrogen and oxygen atoms in total. The summed E-state index contributed by atoms with van der Waals surface area (Å²) in [7, 11) is 0. The maximum Gasteiger partial charge on any atom is 0.225 e. The second kappa shape index (κ2) is 6.26. The van der Waals surface area contributed by atoms with Gasteiger partial charge in [-0.05, 0) is 25.5 Å². The van der Waals surface area contributed by atoms with Crippen molar-refractivity contribution in [2.24, 2.45) is 5.92 Å². The van der Waals surface area contributed by atoms with Crippen molar-refractivity contribution in [1.29, 1.82) is 0 Å². The molecular formula is C16H19N3OS. The zero-order valence-electron chi connectivity index (χ0n) is 12.1. The molecule has 0 radical (unpaired) electrons. The Morgan fingerprint density at radius 1 is 1.43 bits per heavy atom. The largest absolute Gasteiger partial charge is 0.371 e. The van der Waals surface area contributed by atoms with Crippen molar-refractivity contribution in [3.63, 3.8) is 0 Å². The lowest BCUT2D eigenvalue weighted by Gasteiger charge is -2.18. The van der Waals surface area contributed by atoms with Crippen LogP contribution in [0.1, 0.15) is 17.0 Å². The van der Waals surface area contributed by atoms with Gasteiger partial charge in [0.1, 0.15) is 0 Å². The van der Waals surface area contributed by atoms with Gasteiger partial charge in [-0.25, -0.2) is 4.98 Å². The molecule has 0 saturated carbocycles. The lowest BCUT2D eigenvalue weighted by Crippen LogP contribution is -2.32. The monoisotopic (exact) mass is 301 g/mol. The highest BCUT2D eigenvalue weighted by Gasteiger charge is 2.28. The summed E-state index contributed by atoms with van der Waals surface area (Å²) in [6.07, 6.45) is 0.919. The van der Waals surface area contributed by atoms with Gasteiger partial charge in [0.15, 0.2) is 0 Å². The number of carbonyl (C=O) groups is 1. The van der Waals surface area contributed by atoms with Gasteiger partial charge in [-0.15, -0.1) is 11.3 Å². The van der Waals surface area contributed by atoms with E-state index in [0.29, 0.717) is 6.54 Å². The Hall–Kier alpha value is -1.88. The van der Waals surface area contributed by atoms with Crippen molar-refractivity contribution in [3.05, 3.63) is 46.4 Å². The van der Waals surface area contributed by atoms with E-state index in [4.69, 9.17) is 0 Å². The molecule has 1 aliphatic heterocycles. The smallest absolute Gasteiger partial charge is 0.225 e. The third-order valence-corrected chi connectivity index (χ3v) is 4.88. The minimum absolute atomic E-state index is 0.0819. The molecule has 2 aromatic rings. The Kier molecular flexibility index (Phi) is 4.20. The number of benzene rings is 1. The van der Waals surface area contributed by atoms with E-state index in [-0.39, 0.29) is 11.8 Å². The number of aryl methyl sites for hydroxylation is 1. The van der Waals surface area contributed by atoms with E-state index < -0.39 is 0 Å². The Bertz CT molecular complexity index is 611. The Balaban J connectivity index is 1.54. The van der Waals surface area contributed by atoms with E-state index in [1.807, 2.05) is 30.6 Å². The van der Waals surface area contributed by atoms with E-state index in [9.17, 15) is 4.79 Å². The summed E-state index contributed by atoms with van der Waals surface area (Å²) in [5, 5.41) is 3.04. The normalized spacial score (nSPS) is 18.0. The maximum atomic E-state index is 12.3. The minimum Gasteiger partial charge on any atom is -0.371 e. The predicted octanol–water partition coefficient (Wildman–Crippen LogP) is 2.59. The second-order valence-corrected chi connectivity index (χ2v) is 6.29. The van der Waals surface area contributed by atoms with Gasteiger partial charge < -0.3 is 10.2 Å². The third kappa shape index (κ3) is 3.24. The fourth-order valence-electron chi connectivity index (χ4n) is 2.66. The Labute approximate surface area is 128 Å². The van der Waals surface area contributed by atoms with Crippen LogP contribution in [0.15, 0.2) is 35.8 Å². The van der Waals surface area contributed by atoms with E-state index in [0.717, 1.165) is 30.1 Å². The molecule has 21 heavy (non-hydrogen) atoms. The molecule has 0 unspecified atom stereocenters. The average molecular weight is 301 g/mol. The fraction of sp³-hybridized carbons (Fsp3) is 0.375. The standard InChI is InChI=1S/C16H19N3OS/c1-12-15(21-11-18-12)9-17-16(20)13-7-8-19(10-13)14-5-3-2-4-6-14/h2-6,11,13H,7-10H2,1H3,(H,17,20)/t13-/m0/s1. The first-order valence-electron chi connectivity index (χ1n) is 7.20. The summed E-state index contributed by atoms with van der Waals surface area (Å²) >= 11 is 1.60. The van der Waals surface area contributed by atoms with Gasteiger partial charge in [0.25, 0.3) is 0 Å². The average Bonchev–Trinajstić information content (AvgIpc) is 3.15. The topological polar surface area (TPSA) is 45.2 Å². The molecule has 5 heteroatoms. The maximum absolute atomic E-state index is 12.3. The predicted molar refractivity (Wildman–Crippen MR) is 85.5 cm³/mol. The molecule has 1 fully saturated rings. The number of thiazole rings is 1. The summed E-state index contributed by atoms with van der Waals surface area (Å²) in [5.41, 5.74) is 4.03. The van der Waals surface area contributed by atoms with Crippen molar-refractivity contribution in [3.8, 4) is 0 Å². The van der Waals surface area contributed by atoms with Crippen LogP contribution in [-0.4, -0.2) is 24.0 Å². The van der Waals surface area contributed by atoms with Crippen LogP contribution in [0.4, 0.5) is 5.69 Å². The summed E-state index contributed by atoms with van der Waals surface area (Å²) in [5.74, 6) is 0.236. The van der Waals surface area contributed by atoms with Crippen LogP contribution in [0.2, 0.25) is 0 Å². The number of rotatable bonds is 4. The summed E-state index contributed by atoms with van der Waals surface area (Å²) < 4.78 is 0. The first-order valence-corrected chi connectivity index (χ1v) is 8.08. The molecule has 1 amide bonds. The Morgan fingerprint density at radius 2 is 2.24 bits per heavy atom. The first-order chi connectivity index (χ1) is 10.2. The number of carbonyl (C=O) groups excluding carboxylic acids is 1. The van der Waals surface area contributed by atoms with E-state index in [1.165, 1.54) is 5.69 Å². The molecule has 1 saturated heterocycles. The number of hydrogen-bond donors (Lipinski definition) is 1. The number of hydrogen-bond acceptors (Lipinski definition) is 4. The first kappa shape index (κ1) is 14.1. The van der Waals surface area contributed by atoms with Crippen molar-refractivity contribution in [1.82, 2.24) is 10.3 Å². The van der Waals surface area contributed by atoms with Crippen LogP contribution < -0.4 is 10.2 Å². The van der Waals surface area contributed by atoms with Gasteiger partial charge in [0.05, 0.1) is 23.7 Å².